The monoisotopic (exact) mass is 308 g/mol. The number of carbonyl (C=O) groups excluding carboxylic acids is 1. The summed E-state index contributed by atoms with van der Waals surface area (Å²) < 4.78 is 30.8. The molecule has 7 heteroatoms. The molecule has 0 aliphatic rings. The lowest BCUT2D eigenvalue weighted by Gasteiger charge is -2.34. The Hall–Kier alpha value is -0.660. The molecule has 0 heterocycles. The summed E-state index contributed by atoms with van der Waals surface area (Å²) in [4.78, 5) is 12.4. The lowest BCUT2D eigenvalue weighted by Crippen LogP contribution is -2.56. The van der Waals surface area contributed by atoms with Crippen molar-refractivity contribution in [1.29, 1.82) is 0 Å². The van der Waals surface area contributed by atoms with Crippen molar-refractivity contribution in [1.82, 2.24) is 5.32 Å². The van der Waals surface area contributed by atoms with Crippen LogP contribution in [0.25, 0.3) is 0 Å². The van der Waals surface area contributed by atoms with E-state index in [0.717, 1.165) is 0 Å². The molecule has 0 aliphatic heterocycles. The van der Waals surface area contributed by atoms with Crippen molar-refractivity contribution < 1.29 is 17.8 Å². The van der Waals surface area contributed by atoms with Gasteiger partial charge in [-0.2, -0.15) is 8.42 Å². The smallest absolute Gasteiger partial charge is 0.267 e. The SMILES string of the molecule is CC(C)CC(C(=O)NC(C)(C)CS(=O)(=O)O)C(C)(C)N. The minimum atomic E-state index is -4.16. The maximum atomic E-state index is 12.4. The van der Waals surface area contributed by atoms with E-state index in [1.54, 1.807) is 27.7 Å². The van der Waals surface area contributed by atoms with E-state index in [2.05, 4.69) is 5.32 Å². The van der Waals surface area contributed by atoms with Crippen molar-refractivity contribution in [2.45, 2.75) is 59.0 Å². The second-order valence-corrected chi connectivity index (χ2v) is 8.56. The van der Waals surface area contributed by atoms with Crippen molar-refractivity contribution in [3.05, 3.63) is 0 Å². The van der Waals surface area contributed by atoms with Crippen LogP contribution in [0.3, 0.4) is 0 Å². The number of nitrogens with two attached hydrogens (primary N) is 1. The molecular formula is C13H28N2O4S. The largest absolute Gasteiger partial charge is 0.350 e. The third-order valence-corrected chi connectivity index (χ3v) is 4.01. The predicted molar refractivity (Wildman–Crippen MR) is 79.8 cm³/mol. The lowest BCUT2D eigenvalue weighted by atomic mass is 9.81. The minimum absolute atomic E-state index is 0.290. The Labute approximate surface area is 122 Å². The van der Waals surface area contributed by atoms with Crippen LogP contribution in [-0.4, -0.2) is 35.7 Å². The van der Waals surface area contributed by atoms with Gasteiger partial charge in [-0.15, -0.1) is 0 Å². The van der Waals surface area contributed by atoms with Crippen molar-refractivity contribution in [3.8, 4) is 0 Å². The van der Waals surface area contributed by atoms with Gasteiger partial charge in [0, 0.05) is 5.54 Å². The van der Waals surface area contributed by atoms with Crippen molar-refractivity contribution in [3.63, 3.8) is 0 Å². The quantitative estimate of drug-likeness (QED) is 0.612. The molecule has 0 radical (unpaired) electrons. The Bertz CT molecular complexity index is 436. The van der Waals surface area contributed by atoms with Crippen molar-refractivity contribution in [2.75, 3.05) is 5.75 Å². The first-order chi connectivity index (χ1) is 8.64. The first kappa shape index (κ1) is 19.3. The molecule has 0 bridgehead atoms. The Morgan fingerprint density at radius 3 is 2.00 bits per heavy atom. The molecule has 6 nitrogen and oxygen atoms in total. The zero-order valence-corrected chi connectivity index (χ0v) is 14.0. The van der Waals surface area contributed by atoms with Gasteiger partial charge >= 0.3 is 0 Å². The summed E-state index contributed by atoms with van der Waals surface area (Å²) in [7, 11) is -4.16. The molecule has 20 heavy (non-hydrogen) atoms. The van der Waals surface area contributed by atoms with E-state index < -0.39 is 32.9 Å². The van der Waals surface area contributed by atoms with Gasteiger partial charge in [-0.3, -0.25) is 9.35 Å². The minimum Gasteiger partial charge on any atom is -0.350 e. The highest BCUT2D eigenvalue weighted by Crippen LogP contribution is 2.23. The average molecular weight is 308 g/mol. The highest BCUT2D eigenvalue weighted by molar-refractivity contribution is 7.85. The molecule has 0 aromatic carbocycles. The molecular weight excluding hydrogens is 280 g/mol. The second kappa shape index (κ2) is 6.41. The molecule has 0 fully saturated rings. The Kier molecular flexibility index (Phi) is 6.19. The van der Waals surface area contributed by atoms with Crippen LogP contribution >= 0.6 is 0 Å². The summed E-state index contributed by atoms with van der Waals surface area (Å²) in [6.07, 6.45) is 0.608. The number of nitrogens with one attached hydrogen (secondary N) is 1. The molecule has 0 aromatic heterocycles. The molecule has 4 N–H and O–H groups in total. The summed E-state index contributed by atoms with van der Waals surface area (Å²) in [5, 5.41) is 2.67. The Balaban J connectivity index is 5.02. The van der Waals surface area contributed by atoms with Gasteiger partial charge in [0.2, 0.25) is 5.91 Å². The number of carbonyl (C=O) groups is 1. The second-order valence-electron chi connectivity index (χ2n) is 7.10. The fourth-order valence-electron chi connectivity index (χ4n) is 2.13. The van der Waals surface area contributed by atoms with Gasteiger partial charge in [-0.1, -0.05) is 13.8 Å². The van der Waals surface area contributed by atoms with Gasteiger partial charge < -0.3 is 11.1 Å². The van der Waals surface area contributed by atoms with Crippen LogP contribution < -0.4 is 11.1 Å². The topological polar surface area (TPSA) is 109 Å². The molecule has 120 valence electrons. The maximum Gasteiger partial charge on any atom is 0.267 e. The summed E-state index contributed by atoms with van der Waals surface area (Å²) in [6, 6.07) is 0. The third kappa shape index (κ3) is 7.81. The van der Waals surface area contributed by atoms with Gasteiger partial charge in [0.15, 0.2) is 0 Å². The standard InChI is InChI=1S/C13H28N2O4S/c1-9(2)7-10(13(5,6)14)11(16)15-12(3,4)8-20(17,18)19/h9-10H,7-8,14H2,1-6H3,(H,15,16)(H,17,18,19). The Morgan fingerprint density at radius 1 is 1.25 bits per heavy atom. The first-order valence-electron chi connectivity index (χ1n) is 6.70. The Morgan fingerprint density at radius 2 is 1.70 bits per heavy atom. The van der Waals surface area contributed by atoms with E-state index in [0.29, 0.717) is 12.3 Å². The maximum absolute atomic E-state index is 12.4. The molecule has 1 atom stereocenters. The first-order valence-corrected chi connectivity index (χ1v) is 8.31. The van der Waals surface area contributed by atoms with Crippen LogP contribution in [0.15, 0.2) is 0 Å². The van der Waals surface area contributed by atoms with E-state index in [9.17, 15) is 13.2 Å². The van der Waals surface area contributed by atoms with Crippen molar-refractivity contribution in [2.24, 2.45) is 17.6 Å². The zero-order chi connectivity index (χ0) is 16.4. The number of hydrogen-bond donors (Lipinski definition) is 3. The van der Waals surface area contributed by atoms with E-state index in [1.165, 1.54) is 0 Å². The average Bonchev–Trinajstić information content (AvgIpc) is 2.06. The highest BCUT2D eigenvalue weighted by atomic mass is 32.2. The van der Waals surface area contributed by atoms with E-state index in [1.807, 2.05) is 13.8 Å². The normalized spacial score (nSPS) is 15.2. The van der Waals surface area contributed by atoms with Crippen LogP contribution in [0.1, 0.15) is 48.0 Å². The summed E-state index contributed by atoms with van der Waals surface area (Å²) in [5.41, 5.74) is 4.29. The van der Waals surface area contributed by atoms with Gasteiger partial charge in [0.1, 0.15) is 0 Å². The molecule has 0 aromatic rings. The van der Waals surface area contributed by atoms with Crippen LogP contribution in [-0.2, 0) is 14.9 Å². The number of amides is 1. The summed E-state index contributed by atoms with van der Waals surface area (Å²) in [6.45, 7) is 10.6. The fraction of sp³-hybridized carbons (Fsp3) is 0.923. The van der Waals surface area contributed by atoms with Crippen LogP contribution in [0.5, 0.6) is 0 Å². The highest BCUT2D eigenvalue weighted by Gasteiger charge is 2.36. The van der Waals surface area contributed by atoms with Crippen LogP contribution in [0, 0.1) is 11.8 Å². The van der Waals surface area contributed by atoms with Crippen LogP contribution in [0.4, 0.5) is 0 Å². The summed E-state index contributed by atoms with van der Waals surface area (Å²) >= 11 is 0. The van der Waals surface area contributed by atoms with Gasteiger partial charge in [0.25, 0.3) is 10.1 Å². The predicted octanol–water partition coefficient (Wildman–Crippen LogP) is 1.17. The number of hydrogen-bond acceptors (Lipinski definition) is 4. The molecule has 0 aliphatic carbocycles. The number of rotatable bonds is 7. The molecule has 0 saturated heterocycles. The molecule has 1 unspecified atom stereocenters. The van der Waals surface area contributed by atoms with Gasteiger partial charge in [-0.25, -0.2) is 0 Å². The van der Waals surface area contributed by atoms with E-state index in [-0.39, 0.29) is 5.91 Å². The summed E-state index contributed by atoms with van der Waals surface area (Å²) in [5.74, 6) is -0.966. The van der Waals surface area contributed by atoms with E-state index in [4.69, 9.17) is 10.3 Å². The molecule has 0 rings (SSSR count). The third-order valence-electron chi connectivity index (χ3n) is 2.93. The zero-order valence-electron chi connectivity index (χ0n) is 13.2. The van der Waals surface area contributed by atoms with Crippen molar-refractivity contribution >= 4 is 16.0 Å². The van der Waals surface area contributed by atoms with E-state index >= 15 is 0 Å². The lowest BCUT2D eigenvalue weighted by molar-refractivity contribution is -0.128. The molecule has 0 saturated carbocycles. The molecule has 0 spiro atoms. The van der Waals surface area contributed by atoms with Crippen LogP contribution in [0.2, 0.25) is 0 Å². The molecule has 1 amide bonds. The fourth-order valence-corrected chi connectivity index (χ4v) is 3.12. The van der Waals surface area contributed by atoms with Gasteiger partial charge in [-0.05, 0) is 40.0 Å². The van der Waals surface area contributed by atoms with Gasteiger partial charge in [0.05, 0.1) is 17.2 Å².